The Morgan fingerprint density at radius 1 is 1.20 bits per heavy atom. The van der Waals surface area contributed by atoms with Crippen molar-refractivity contribution in [1.29, 1.82) is 0 Å². The van der Waals surface area contributed by atoms with Crippen molar-refractivity contribution in [1.82, 2.24) is 5.32 Å². The zero-order valence-corrected chi connectivity index (χ0v) is 18.4. The summed E-state index contributed by atoms with van der Waals surface area (Å²) in [5.41, 5.74) is 1.59. The van der Waals surface area contributed by atoms with Gasteiger partial charge in [0.25, 0.3) is 11.8 Å². The lowest BCUT2D eigenvalue weighted by atomic mass is 10.0. The minimum absolute atomic E-state index is 0.160. The van der Waals surface area contributed by atoms with Crippen molar-refractivity contribution < 1.29 is 18.4 Å². The van der Waals surface area contributed by atoms with Gasteiger partial charge >= 0.3 is 0 Å². The molecule has 30 heavy (non-hydrogen) atoms. The second kappa shape index (κ2) is 8.65. The van der Waals surface area contributed by atoms with Crippen molar-refractivity contribution in [3.05, 3.63) is 82.0 Å². The van der Waals surface area contributed by atoms with Gasteiger partial charge < -0.3 is 14.6 Å². The molecule has 154 valence electrons. The molecule has 2 amide bonds. The predicted molar refractivity (Wildman–Crippen MR) is 118 cm³/mol. The Labute approximate surface area is 185 Å². The highest BCUT2D eigenvalue weighted by Crippen LogP contribution is 2.37. The molecule has 4 rings (SSSR count). The number of rotatable bonds is 4. The van der Waals surface area contributed by atoms with Gasteiger partial charge in [-0.3, -0.25) is 9.59 Å². The highest BCUT2D eigenvalue weighted by atomic mass is 79.9. The van der Waals surface area contributed by atoms with Gasteiger partial charge in [-0.2, -0.15) is 0 Å². The quantitative estimate of drug-likeness (QED) is 0.532. The molecule has 1 N–H and O–H groups in total. The molecule has 0 fully saturated rings. The van der Waals surface area contributed by atoms with E-state index in [0.29, 0.717) is 22.3 Å². The summed E-state index contributed by atoms with van der Waals surface area (Å²) in [5.74, 6) is -0.0312. The number of fused-ring (bicyclic) bond motifs is 1. The summed E-state index contributed by atoms with van der Waals surface area (Å²) in [6.45, 7) is 0. The first-order chi connectivity index (χ1) is 14.4. The molecule has 1 aromatic heterocycles. The molecule has 2 heterocycles. The normalized spacial score (nSPS) is 15.4. The molecule has 0 aliphatic carbocycles. The highest BCUT2D eigenvalue weighted by Gasteiger charge is 2.26. The van der Waals surface area contributed by atoms with Gasteiger partial charge in [0.1, 0.15) is 5.82 Å². The van der Waals surface area contributed by atoms with E-state index in [9.17, 15) is 14.0 Å². The largest absolute Gasteiger partial charge is 0.444 e. The molecule has 0 radical (unpaired) electrons. The van der Waals surface area contributed by atoms with E-state index in [1.54, 1.807) is 61.3 Å². The van der Waals surface area contributed by atoms with E-state index < -0.39 is 0 Å². The van der Waals surface area contributed by atoms with Crippen molar-refractivity contribution in [3.8, 4) is 0 Å². The van der Waals surface area contributed by atoms with Gasteiger partial charge in [0.2, 0.25) is 0 Å². The van der Waals surface area contributed by atoms with Crippen LogP contribution in [-0.4, -0.2) is 24.6 Å². The van der Waals surface area contributed by atoms with Crippen LogP contribution >= 0.6 is 27.7 Å². The fourth-order valence-corrected chi connectivity index (χ4v) is 4.83. The summed E-state index contributed by atoms with van der Waals surface area (Å²) in [6, 6.07) is 14.4. The zero-order valence-electron chi connectivity index (χ0n) is 16.0. The van der Waals surface area contributed by atoms with Crippen LogP contribution in [0.25, 0.3) is 0 Å². The number of para-hydroxylation sites is 1. The summed E-state index contributed by atoms with van der Waals surface area (Å²) in [4.78, 5) is 28.2. The van der Waals surface area contributed by atoms with Gasteiger partial charge in [-0.25, -0.2) is 4.39 Å². The lowest BCUT2D eigenvalue weighted by Crippen LogP contribution is -2.33. The number of nitrogens with zero attached hydrogens (tertiary/aromatic N) is 1. The first kappa shape index (κ1) is 20.7. The Balaban J connectivity index is 1.59. The molecule has 2 aromatic carbocycles. The number of halogens is 2. The van der Waals surface area contributed by atoms with Crippen LogP contribution in [0.5, 0.6) is 0 Å². The third-order valence-electron chi connectivity index (χ3n) is 4.92. The molecular formula is C22H18BrFN2O3S. The lowest BCUT2D eigenvalue weighted by Gasteiger charge is -2.27. The van der Waals surface area contributed by atoms with Crippen molar-refractivity contribution in [3.63, 3.8) is 0 Å². The number of anilines is 1. The summed E-state index contributed by atoms with van der Waals surface area (Å²) >= 11 is 4.84. The number of hydrogen-bond donors (Lipinski definition) is 1. The molecule has 1 aliphatic rings. The number of nitrogens with one attached hydrogen (secondary N) is 1. The van der Waals surface area contributed by atoms with Crippen LogP contribution < -0.4 is 10.2 Å². The Hall–Kier alpha value is -2.58. The van der Waals surface area contributed by atoms with Gasteiger partial charge in [0, 0.05) is 17.7 Å². The topological polar surface area (TPSA) is 62.6 Å². The van der Waals surface area contributed by atoms with Crippen LogP contribution in [0.1, 0.15) is 38.9 Å². The second-order valence-electron chi connectivity index (χ2n) is 6.83. The number of thioether (sulfide) groups is 1. The zero-order chi connectivity index (χ0) is 21.3. The van der Waals surface area contributed by atoms with Crippen molar-refractivity contribution >= 4 is 45.2 Å². The van der Waals surface area contributed by atoms with Gasteiger partial charge in [-0.05, 0) is 70.4 Å². The molecule has 1 atom stereocenters. The van der Waals surface area contributed by atoms with Gasteiger partial charge in [0.15, 0.2) is 10.4 Å². The Morgan fingerprint density at radius 3 is 2.77 bits per heavy atom. The smallest absolute Gasteiger partial charge is 0.293 e. The maximum Gasteiger partial charge on any atom is 0.293 e. The fourth-order valence-electron chi connectivity index (χ4n) is 3.41. The van der Waals surface area contributed by atoms with E-state index in [1.807, 2.05) is 0 Å². The molecule has 3 aromatic rings. The first-order valence-corrected chi connectivity index (χ1v) is 11.1. The summed E-state index contributed by atoms with van der Waals surface area (Å²) in [6.07, 6.45) is 0.699. The van der Waals surface area contributed by atoms with E-state index in [4.69, 9.17) is 4.42 Å². The van der Waals surface area contributed by atoms with E-state index in [2.05, 4.69) is 21.2 Å². The van der Waals surface area contributed by atoms with E-state index in [1.165, 1.54) is 17.0 Å². The molecule has 0 spiro atoms. The Bertz CT molecular complexity index is 1120. The van der Waals surface area contributed by atoms with Crippen LogP contribution in [0.15, 0.2) is 68.6 Å². The third kappa shape index (κ3) is 4.15. The van der Waals surface area contributed by atoms with Crippen LogP contribution in [0.4, 0.5) is 10.1 Å². The monoisotopic (exact) mass is 488 g/mol. The minimum atomic E-state index is -0.373. The number of furan rings is 1. The Kier molecular flexibility index (Phi) is 5.97. The summed E-state index contributed by atoms with van der Waals surface area (Å²) < 4.78 is 19.6. The van der Waals surface area contributed by atoms with Crippen LogP contribution in [0.3, 0.4) is 0 Å². The van der Waals surface area contributed by atoms with Crippen molar-refractivity contribution in [2.75, 3.05) is 17.7 Å². The molecule has 1 aliphatic heterocycles. The average molecular weight is 489 g/mol. The second-order valence-corrected chi connectivity index (χ2v) is 8.75. The van der Waals surface area contributed by atoms with E-state index in [0.717, 1.165) is 16.2 Å². The van der Waals surface area contributed by atoms with E-state index in [-0.39, 0.29) is 29.4 Å². The fraction of sp³-hybridized carbons (Fsp3) is 0.182. The molecular weight excluding hydrogens is 471 g/mol. The molecule has 0 saturated carbocycles. The molecule has 5 nitrogen and oxygen atoms in total. The third-order valence-corrected chi connectivity index (χ3v) is 6.46. The summed E-state index contributed by atoms with van der Waals surface area (Å²) in [5, 5.41) is 3.01. The standard InChI is InChI=1S/C22H18BrFN2O3S/c1-26(22(28)18-7-9-20(23)29-18)17-5-3-2-4-14(17)21(27)25-16-10-11-30-19-8-6-13(24)12-15(16)19/h2-9,12,16H,10-11H2,1H3,(H,25,27). The molecule has 1 unspecified atom stereocenters. The van der Waals surface area contributed by atoms with E-state index >= 15 is 0 Å². The van der Waals surface area contributed by atoms with Gasteiger partial charge in [-0.1, -0.05) is 12.1 Å². The number of carbonyl (C=O) groups excluding carboxylic acids is 2. The average Bonchev–Trinajstić information content (AvgIpc) is 3.19. The van der Waals surface area contributed by atoms with Crippen molar-refractivity contribution in [2.45, 2.75) is 17.4 Å². The lowest BCUT2D eigenvalue weighted by molar-refractivity contribution is 0.0935. The van der Waals surface area contributed by atoms with Crippen LogP contribution in [0.2, 0.25) is 0 Å². The molecule has 0 bridgehead atoms. The maximum atomic E-state index is 13.8. The van der Waals surface area contributed by atoms with Crippen LogP contribution in [0, 0.1) is 5.82 Å². The number of carbonyl (C=O) groups is 2. The van der Waals surface area contributed by atoms with Crippen LogP contribution in [-0.2, 0) is 0 Å². The maximum absolute atomic E-state index is 13.8. The molecule has 0 saturated heterocycles. The number of hydrogen-bond acceptors (Lipinski definition) is 4. The molecule has 8 heteroatoms. The number of amides is 2. The van der Waals surface area contributed by atoms with Gasteiger partial charge in [-0.15, -0.1) is 11.8 Å². The summed E-state index contributed by atoms with van der Waals surface area (Å²) in [7, 11) is 1.59. The number of benzene rings is 2. The first-order valence-electron chi connectivity index (χ1n) is 9.29. The minimum Gasteiger partial charge on any atom is -0.444 e. The SMILES string of the molecule is CN(C(=O)c1ccc(Br)o1)c1ccccc1C(=O)NC1CCSc2ccc(F)cc21. The Morgan fingerprint density at radius 2 is 2.00 bits per heavy atom. The van der Waals surface area contributed by atoms with Gasteiger partial charge in [0.05, 0.1) is 17.3 Å². The highest BCUT2D eigenvalue weighted by molar-refractivity contribution is 9.10. The van der Waals surface area contributed by atoms with Crippen molar-refractivity contribution in [2.24, 2.45) is 0 Å². The predicted octanol–water partition coefficient (Wildman–Crippen LogP) is 5.42.